The Kier molecular flexibility index (Phi) is 2.92. The molecule has 1 saturated carbocycles. The van der Waals surface area contributed by atoms with Gasteiger partial charge in [-0.15, -0.1) is 5.10 Å². The van der Waals surface area contributed by atoms with Crippen LogP contribution in [0.4, 0.5) is 6.01 Å². The fraction of sp³-hybridized carbons (Fsp3) is 0.846. The van der Waals surface area contributed by atoms with Gasteiger partial charge < -0.3 is 14.5 Å². The van der Waals surface area contributed by atoms with Crippen molar-refractivity contribution in [2.24, 2.45) is 0 Å². The molecule has 1 aromatic rings. The summed E-state index contributed by atoms with van der Waals surface area (Å²) in [5.74, 6) is 1.30. The Balaban J connectivity index is 1.42. The van der Waals surface area contributed by atoms with E-state index >= 15 is 0 Å². The van der Waals surface area contributed by atoms with E-state index in [9.17, 15) is 0 Å². The standard InChI is InChI=1S/C13H20N4O2/c1-2-6-17(5-1)11-8-18-7-10(11)14-13-16-15-12(19-13)9-3-4-9/h9-11H,1-8H2,(H,14,16)/t10-,11-/m0/s1. The number of ether oxygens (including phenoxy) is 1. The van der Waals surface area contributed by atoms with Crippen LogP contribution in [0.3, 0.4) is 0 Å². The molecule has 19 heavy (non-hydrogen) atoms. The predicted octanol–water partition coefficient (Wildman–Crippen LogP) is 1.22. The fourth-order valence-electron chi connectivity index (χ4n) is 3.06. The fourth-order valence-corrected chi connectivity index (χ4v) is 3.06. The van der Waals surface area contributed by atoms with Crippen LogP contribution >= 0.6 is 0 Å². The third-order valence-corrected chi connectivity index (χ3v) is 4.34. The first-order valence-electron chi connectivity index (χ1n) is 7.32. The lowest BCUT2D eigenvalue weighted by molar-refractivity contribution is 0.159. The second-order valence-corrected chi connectivity index (χ2v) is 5.82. The van der Waals surface area contributed by atoms with Crippen LogP contribution in [0.1, 0.15) is 37.5 Å². The topological polar surface area (TPSA) is 63.4 Å². The lowest BCUT2D eigenvalue weighted by Gasteiger charge is -2.27. The minimum absolute atomic E-state index is 0.269. The van der Waals surface area contributed by atoms with Crippen LogP contribution in [0.2, 0.25) is 0 Å². The predicted molar refractivity (Wildman–Crippen MR) is 69.1 cm³/mol. The maximum Gasteiger partial charge on any atom is 0.315 e. The third kappa shape index (κ3) is 2.34. The van der Waals surface area contributed by atoms with E-state index in [-0.39, 0.29) is 6.04 Å². The third-order valence-electron chi connectivity index (χ3n) is 4.34. The van der Waals surface area contributed by atoms with Crippen LogP contribution in [0, 0.1) is 0 Å². The van der Waals surface area contributed by atoms with Gasteiger partial charge >= 0.3 is 6.01 Å². The highest BCUT2D eigenvalue weighted by Crippen LogP contribution is 2.39. The van der Waals surface area contributed by atoms with Crippen molar-refractivity contribution in [1.29, 1.82) is 0 Å². The molecule has 2 atom stereocenters. The van der Waals surface area contributed by atoms with Crippen LogP contribution in [-0.2, 0) is 4.74 Å². The van der Waals surface area contributed by atoms with Gasteiger partial charge in [0, 0.05) is 5.92 Å². The van der Waals surface area contributed by atoms with Crippen molar-refractivity contribution in [1.82, 2.24) is 15.1 Å². The number of likely N-dealkylation sites (tertiary alicyclic amines) is 1. The van der Waals surface area contributed by atoms with E-state index in [1.165, 1.54) is 38.8 Å². The maximum absolute atomic E-state index is 5.67. The summed E-state index contributed by atoms with van der Waals surface area (Å²) >= 11 is 0. The highest BCUT2D eigenvalue weighted by Gasteiger charge is 2.36. The molecule has 0 aromatic carbocycles. The van der Waals surface area contributed by atoms with E-state index in [1.807, 2.05) is 0 Å². The number of anilines is 1. The molecule has 0 spiro atoms. The average molecular weight is 264 g/mol. The molecule has 6 heteroatoms. The van der Waals surface area contributed by atoms with E-state index in [2.05, 4.69) is 20.4 Å². The van der Waals surface area contributed by atoms with Crippen molar-refractivity contribution in [2.45, 2.75) is 43.7 Å². The number of rotatable bonds is 4. The van der Waals surface area contributed by atoms with Crippen LogP contribution < -0.4 is 5.32 Å². The van der Waals surface area contributed by atoms with Gasteiger partial charge in [-0.2, -0.15) is 0 Å². The van der Waals surface area contributed by atoms with Crippen LogP contribution in [0.25, 0.3) is 0 Å². The summed E-state index contributed by atoms with van der Waals surface area (Å²) in [7, 11) is 0. The molecule has 0 radical (unpaired) electrons. The smallest absolute Gasteiger partial charge is 0.315 e. The Labute approximate surface area is 112 Å². The zero-order chi connectivity index (χ0) is 12.7. The van der Waals surface area contributed by atoms with Gasteiger partial charge in [0.2, 0.25) is 5.89 Å². The Morgan fingerprint density at radius 1 is 1.11 bits per heavy atom. The van der Waals surface area contributed by atoms with E-state index in [4.69, 9.17) is 9.15 Å². The molecular weight excluding hydrogens is 244 g/mol. The van der Waals surface area contributed by atoms with Crippen molar-refractivity contribution < 1.29 is 9.15 Å². The summed E-state index contributed by atoms with van der Waals surface area (Å²) in [6, 6.07) is 1.27. The molecule has 1 N–H and O–H groups in total. The molecule has 3 heterocycles. The van der Waals surface area contributed by atoms with Crippen molar-refractivity contribution in [3.8, 4) is 0 Å². The molecule has 1 aromatic heterocycles. The first-order chi connectivity index (χ1) is 9.40. The summed E-state index contributed by atoms with van der Waals surface area (Å²) in [6.45, 7) is 3.90. The highest BCUT2D eigenvalue weighted by molar-refractivity contribution is 5.23. The van der Waals surface area contributed by atoms with Crippen molar-refractivity contribution in [2.75, 3.05) is 31.6 Å². The molecule has 3 aliphatic rings. The summed E-state index contributed by atoms with van der Waals surface area (Å²) in [5.41, 5.74) is 0. The average Bonchev–Trinajstić information content (AvgIpc) is 2.89. The molecule has 1 aliphatic carbocycles. The van der Waals surface area contributed by atoms with E-state index in [0.29, 0.717) is 18.0 Å². The lowest BCUT2D eigenvalue weighted by atomic mass is 10.1. The van der Waals surface area contributed by atoms with Gasteiger partial charge in [0.05, 0.1) is 25.3 Å². The van der Waals surface area contributed by atoms with E-state index < -0.39 is 0 Å². The van der Waals surface area contributed by atoms with Gasteiger partial charge in [0.1, 0.15) is 0 Å². The number of aromatic nitrogens is 2. The molecular formula is C13H20N4O2. The Hall–Kier alpha value is -1.14. The summed E-state index contributed by atoms with van der Waals surface area (Å²) in [6.07, 6.45) is 4.97. The number of hydrogen-bond donors (Lipinski definition) is 1. The minimum Gasteiger partial charge on any atom is -0.408 e. The molecule has 0 amide bonds. The monoisotopic (exact) mass is 264 g/mol. The van der Waals surface area contributed by atoms with Gasteiger partial charge in [-0.05, 0) is 38.8 Å². The summed E-state index contributed by atoms with van der Waals surface area (Å²) in [5, 5.41) is 11.6. The molecule has 0 bridgehead atoms. The number of nitrogens with zero attached hydrogens (tertiary/aromatic N) is 3. The van der Waals surface area contributed by atoms with Crippen LogP contribution in [0.5, 0.6) is 0 Å². The Morgan fingerprint density at radius 3 is 2.74 bits per heavy atom. The molecule has 3 fully saturated rings. The van der Waals surface area contributed by atoms with Crippen LogP contribution in [0.15, 0.2) is 4.42 Å². The number of nitrogens with one attached hydrogen (secondary N) is 1. The maximum atomic E-state index is 5.67. The van der Waals surface area contributed by atoms with Gasteiger partial charge in [0.15, 0.2) is 0 Å². The van der Waals surface area contributed by atoms with Gasteiger partial charge in [-0.25, -0.2) is 0 Å². The van der Waals surface area contributed by atoms with Gasteiger partial charge in [-0.1, -0.05) is 5.10 Å². The van der Waals surface area contributed by atoms with Crippen molar-refractivity contribution in [3.63, 3.8) is 0 Å². The first-order valence-corrected chi connectivity index (χ1v) is 7.32. The summed E-state index contributed by atoms with van der Waals surface area (Å²) < 4.78 is 11.3. The Bertz CT molecular complexity index is 440. The van der Waals surface area contributed by atoms with Crippen LogP contribution in [-0.4, -0.2) is 53.5 Å². The zero-order valence-corrected chi connectivity index (χ0v) is 11.0. The zero-order valence-electron chi connectivity index (χ0n) is 11.0. The molecule has 2 saturated heterocycles. The second-order valence-electron chi connectivity index (χ2n) is 5.82. The van der Waals surface area contributed by atoms with Crippen molar-refractivity contribution in [3.05, 3.63) is 5.89 Å². The van der Waals surface area contributed by atoms with E-state index in [0.717, 1.165) is 19.1 Å². The molecule has 0 unspecified atom stereocenters. The second kappa shape index (κ2) is 4.76. The van der Waals surface area contributed by atoms with Crippen molar-refractivity contribution >= 4 is 6.01 Å². The van der Waals surface area contributed by atoms with Gasteiger partial charge in [-0.3, -0.25) is 4.90 Å². The van der Waals surface area contributed by atoms with E-state index in [1.54, 1.807) is 0 Å². The summed E-state index contributed by atoms with van der Waals surface area (Å²) in [4.78, 5) is 2.52. The quantitative estimate of drug-likeness (QED) is 0.882. The lowest BCUT2D eigenvalue weighted by Crippen LogP contribution is -2.44. The number of hydrogen-bond acceptors (Lipinski definition) is 6. The molecule has 2 aliphatic heterocycles. The SMILES string of the molecule is C1CCN([C@H]2COC[C@@H]2Nc2nnc(C3CC3)o2)C1. The first kappa shape index (κ1) is 11.7. The highest BCUT2D eigenvalue weighted by atomic mass is 16.5. The normalized spacial score (nSPS) is 32.0. The Morgan fingerprint density at radius 2 is 1.95 bits per heavy atom. The molecule has 6 nitrogen and oxygen atoms in total. The largest absolute Gasteiger partial charge is 0.408 e. The molecule has 4 rings (SSSR count). The molecule has 104 valence electrons. The van der Waals surface area contributed by atoms with Gasteiger partial charge in [0.25, 0.3) is 0 Å². The minimum atomic E-state index is 0.269.